The molecule has 0 radical (unpaired) electrons. The lowest BCUT2D eigenvalue weighted by Crippen LogP contribution is -2.35. The van der Waals surface area contributed by atoms with Gasteiger partial charge in [-0.05, 0) is 47.6 Å². The fraction of sp³-hybridized carbons (Fsp3) is 0.435. The number of nitrogens with one attached hydrogen (secondary N) is 1. The number of nitrogens with two attached hydrogens (primary N) is 1. The van der Waals surface area contributed by atoms with Crippen molar-refractivity contribution in [3.63, 3.8) is 0 Å². The molecule has 1 aliphatic rings. The summed E-state index contributed by atoms with van der Waals surface area (Å²) < 4.78 is 0. The van der Waals surface area contributed by atoms with Crippen LogP contribution < -0.4 is 11.1 Å². The highest BCUT2D eigenvalue weighted by Gasteiger charge is 2.16. The minimum Gasteiger partial charge on any atom is -0.393 e. The van der Waals surface area contributed by atoms with Gasteiger partial charge in [-0.2, -0.15) is 0 Å². The minimum atomic E-state index is -0.122. The summed E-state index contributed by atoms with van der Waals surface area (Å²) in [5.74, 6) is 0.908. The molecule has 0 atom stereocenters. The van der Waals surface area contributed by atoms with Crippen molar-refractivity contribution < 1.29 is 5.11 Å². The van der Waals surface area contributed by atoms with Crippen molar-refractivity contribution >= 4 is 11.6 Å². The Balaban J connectivity index is 1.51. The molecule has 3 rings (SSSR count). The third-order valence-electron chi connectivity index (χ3n) is 5.24. The summed E-state index contributed by atoms with van der Waals surface area (Å²) in [6, 6.07) is 16.8. The molecule has 0 aromatic heterocycles. The molecular weight excluding hydrogens is 348 g/mol. The molecule has 0 amide bonds. The number of hydrogen-bond acceptors (Lipinski definition) is 3. The van der Waals surface area contributed by atoms with Gasteiger partial charge in [-0.3, -0.25) is 4.90 Å². The average Bonchev–Trinajstić information content (AvgIpc) is 2.69. The monoisotopic (exact) mass is 380 g/mol. The lowest BCUT2D eigenvalue weighted by molar-refractivity contribution is 0.0792. The Morgan fingerprint density at radius 3 is 2.50 bits per heavy atom. The fourth-order valence-corrected chi connectivity index (χ4v) is 3.43. The first kappa shape index (κ1) is 20.4. The van der Waals surface area contributed by atoms with Crippen LogP contribution in [-0.2, 0) is 13.1 Å². The maximum absolute atomic E-state index is 9.61. The van der Waals surface area contributed by atoms with Crippen LogP contribution in [0.3, 0.4) is 0 Å². The highest BCUT2D eigenvalue weighted by atomic mass is 16.3. The normalized spacial score (nSPS) is 16.5. The number of likely N-dealkylation sites (tertiary alicyclic amines) is 1. The molecule has 1 heterocycles. The summed E-state index contributed by atoms with van der Waals surface area (Å²) in [5, 5.41) is 12.8. The van der Waals surface area contributed by atoms with E-state index in [9.17, 15) is 5.11 Å². The van der Waals surface area contributed by atoms with E-state index >= 15 is 0 Å². The molecule has 0 spiro atoms. The molecule has 0 aliphatic carbocycles. The second kappa shape index (κ2) is 9.71. The first-order valence-electron chi connectivity index (χ1n) is 10.1. The zero-order valence-electron chi connectivity index (χ0n) is 16.9. The fourth-order valence-electron chi connectivity index (χ4n) is 3.43. The molecule has 0 bridgehead atoms. The quantitative estimate of drug-likeness (QED) is 0.528. The number of aliphatic hydroxyl groups is 1. The van der Waals surface area contributed by atoms with Crippen LogP contribution in [0, 0.1) is 0 Å². The van der Waals surface area contributed by atoms with E-state index in [0.29, 0.717) is 18.4 Å². The van der Waals surface area contributed by atoms with Crippen LogP contribution in [0.5, 0.6) is 0 Å². The number of guanidine groups is 1. The number of aliphatic hydroxyl groups excluding tert-OH is 1. The molecule has 2 aromatic rings. The van der Waals surface area contributed by atoms with Gasteiger partial charge in [0.2, 0.25) is 0 Å². The van der Waals surface area contributed by atoms with Gasteiger partial charge in [0.05, 0.1) is 12.6 Å². The van der Waals surface area contributed by atoms with Crippen LogP contribution in [0.2, 0.25) is 0 Å². The molecule has 1 aliphatic heterocycles. The van der Waals surface area contributed by atoms with Crippen molar-refractivity contribution in [2.75, 3.05) is 18.4 Å². The maximum Gasteiger partial charge on any atom is 0.193 e. The molecule has 28 heavy (non-hydrogen) atoms. The van der Waals surface area contributed by atoms with Gasteiger partial charge in [-0.15, -0.1) is 0 Å². The van der Waals surface area contributed by atoms with Gasteiger partial charge in [0.15, 0.2) is 5.96 Å². The van der Waals surface area contributed by atoms with Gasteiger partial charge >= 0.3 is 0 Å². The summed E-state index contributed by atoms with van der Waals surface area (Å²) in [4.78, 5) is 6.86. The van der Waals surface area contributed by atoms with Crippen molar-refractivity contribution in [3.8, 4) is 0 Å². The SMILES string of the molecule is CC(C)c1cccc(NC(N)=NCc2ccc(CN3CCC(O)CC3)cc2)c1. The Hall–Kier alpha value is -2.37. The number of aliphatic imine (C=N–C) groups is 1. The molecule has 5 heteroatoms. The number of anilines is 1. The Morgan fingerprint density at radius 2 is 1.82 bits per heavy atom. The molecule has 0 unspecified atom stereocenters. The van der Waals surface area contributed by atoms with Crippen LogP contribution in [0.15, 0.2) is 53.5 Å². The van der Waals surface area contributed by atoms with E-state index in [1.165, 1.54) is 11.1 Å². The predicted molar refractivity (Wildman–Crippen MR) is 116 cm³/mol. The largest absolute Gasteiger partial charge is 0.393 e. The van der Waals surface area contributed by atoms with Crippen molar-refractivity contribution in [2.45, 2.75) is 51.8 Å². The topological polar surface area (TPSA) is 73.9 Å². The molecule has 1 saturated heterocycles. The Bertz CT molecular complexity index is 777. The van der Waals surface area contributed by atoms with E-state index in [4.69, 9.17) is 5.73 Å². The smallest absolute Gasteiger partial charge is 0.193 e. The van der Waals surface area contributed by atoms with Crippen molar-refractivity contribution in [2.24, 2.45) is 10.7 Å². The highest BCUT2D eigenvalue weighted by Crippen LogP contribution is 2.18. The predicted octanol–water partition coefficient (Wildman–Crippen LogP) is 3.69. The van der Waals surface area contributed by atoms with Gasteiger partial charge in [0, 0.05) is 25.3 Å². The number of piperidine rings is 1. The van der Waals surface area contributed by atoms with E-state index in [-0.39, 0.29) is 6.10 Å². The molecule has 4 N–H and O–H groups in total. The van der Waals surface area contributed by atoms with Crippen molar-refractivity contribution in [3.05, 3.63) is 65.2 Å². The Labute approximate surface area is 168 Å². The standard InChI is InChI=1S/C23H32N4O/c1-17(2)20-4-3-5-21(14-20)26-23(24)25-15-18-6-8-19(9-7-18)16-27-12-10-22(28)11-13-27/h3-9,14,17,22,28H,10-13,15-16H2,1-2H3,(H3,24,25,26). The van der Waals surface area contributed by atoms with E-state index in [1.807, 2.05) is 12.1 Å². The second-order valence-corrected chi connectivity index (χ2v) is 7.93. The summed E-state index contributed by atoms with van der Waals surface area (Å²) >= 11 is 0. The minimum absolute atomic E-state index is 0.122. The lowest BCUT2D eigenvalue weighted by atomic mass is 10.0. The van der Waals surface area contributed by atoms with Crippen LogP contribution in [0.1, 0.15) is 49.3 Å². The van der Waals surface area contributed by atoms with Crippen molar-refractivity contribution in [1.29, 1.82) is 0 Å². The van der Waals surface area contributed by atoms with Gasteiger partial charge < -0.3 is 16.2 Å². The van der Waals surface area contributed by atoms with Crippen LogP contribution in [-0.4, -0.2) is 35.2 Å². The van der Waals surface area contributed by atoms with Crippen molar-refractivity contribution in [1.82, 2.24) is 4.90 Å². The van der Waals surface area contributed by atoms with Crippen LogP contribution in [0.4, 0.5) is 5.69 Å². The molecule has 5 nitrogen and oxygen atoms in total. The van der Waals surface area contributed by atoms with E-state index in [1.54, 1.807) is 0 Å². The van der Waals surface area contributed by atoms with E-state index < -0.39 is 0 Å². The number of hydrogen-bond donors (Lipinski definition) is 3. The molecule has 1 fully saturated rings. The maximum atomic E-state index is 9.61. The van der Waals surface area contributed by atoms with Gasteiger partial charge in [-0.1, -0.05) is 50.2 Å². The first-order chi connectivity index (χ1) is 13.5. The summed E-state index contributed by atoms with van der Waals surface area (Å²) in [6.07, 6.45) is 1.63. The molecular formula is C23H32N4O. The third-order valence-corrected chi connectivity index (χ3v) is 5.24. The van der Waals surface area contributed by atoms with Gasteiger partial charge in [-0.25, -0.2) is 4.99 Å². The first-order valence-corrected chi connectivity index (χ1v) is 10.1. The molecule has 0 saturated carbocycles. The number of nitrogens with zero attached hydrogens (tertiary/aromatic N) is 2. The summed E-state index contributed by atoms with van der Waals surface area (Å²) in [5.41, 5.74) is 10.7. The molecule has 150 valence electrons. The Morgan fingerprint density at radius 1 is 1.14 bits per heavy atom. The summed E-state index contributed by atoms with van der Waals surface area (Å²) in [7, 11) is 0. The average molecular weight is 381 g/mol. The van der Waals surface area contributed by atoms with Gasteiger partial charge in [0.1, 0.15) is 0 Å². The van der Waals surface area contributed by atoms with Gasteiger partial charge in [0.25, 0.3) is 0 Å². The number of rotatable bonds is 6. The Kier molecular flexibility index (Phi) is 7.06. The molecule has 2 aromatic carbocycles. The van der Waals surface area contributed by atoms with Crippen LogP contribution in [0.25, 0.3) is 0 Å². The van der Waals surface area contributed by atoms with E-state index in [0.717, 1.165) is 43.7 Å². The van der Waals surface area contributed by atoms with E-state index in [2.05, 4.69) is 65.5 Å². The summed E-state index contributed by atoms with van der Waals surface area (Å²) in [6.45, 7) is 7.77. The third kappa shape index (κ3) is 6.08. The second-order valence-electron chi connectivity index (χ2n) is 7.93. The zero-order chi connectivity index (χ0) is 19.9. The number of benzene rings is 2. The van der Waals surface area contributed by atoms with Crippen LogP contribution >= 0.6 is 0 Å². The zero-order valence-corrected chi connectivity index (χ0v) is 16.9. The highest BCUT2D eigenvalue weighted by molar-refractivity contribution is 5.92. The lowest BCUT2D eigenvalue weighted by Gasteiger charge is -2.29.